The average Bonchev–Trinajstić information content (AvgIpc) is 2.66. The lowest BCUT2D eigenvalue weighted by atomic mass is 10.2. The molecule has 68 valence electrons. The Kier molecular flexibility index (Phi) is 1.40. The molecule has 1 N–H and O–H groups in total. The fraction of sp³-hybridized carbons (Fsp3) is 0. The number of fused-ring (bicyclic) bond motifs is 3. The number of aromatic amines is 1. The summed E-state index contributed by atoms with van der Waals surface area (Å²) in [7, 11) is 0. The van der Waals surface area contributed by atoms with Gasteiger partial charge in [-0.2, -0.15) is 10.2 Å². The molecule has 3 rings (SSSR count). The van der Waals surface area contributed by atoms with E-state index in [2.05, 4.69) is 20.5 Å². The number of tetrazole rings is 1. The van der Waals surface area contributed by atoms with E-state index in [4.69, 9.17) is 12.2 Å². The Labute approximate surface area is 83.4 Å². The summed E-state index contributed by atoms with van der Waals surface area (Å²) >= 11 is 5.14. The van der Waals surface area contributed by atoms with Crippen LogP contribution in [0, 0.1) is 4.64 Å². The first kappa shape index (κ1) is 7.57. The van der Waals surface area contributed by atoms with Crippen molar-refractivity contribution in [2.45, 2.75) is 0 Å². The van der Waals surface area contributed by atoms with Gasteiger partial charge < -0.3 is 0 Å². The van der Waals surface area contributed by atoms with Crippen molar-refractivity contribution in [1.29, 1.82) is 0 Å². The van der Waals surface area contributed by atoms with Crippen LogP contribution in [0.4, 0.5) is 0 Å². The Hall–Kier alpha value is -1.82. The van der Waals surface area contributed by atoms with Gasteiger partial charge in [-0.25, -0.2) is 4.52 Å². The maximum Gasteiger partial charge on any atom is 0.273 e. The zero-order chi connectivity index (χ0) is 9.54. The van der Waals surface area contributed by atoms with Crippen LogP contribution in [0.1, 0.15) is 0 Å². The van der Waals surface area contributed by atoms with Crippen LogP contribution in [-0.4, -0.2) is 25.0 Å². The Balaban J connectivity index is 2.74. The third-order valence-corrected chi connectivity index (χ3v) is 2.37. The van der Waals surface area contributed by atoms with E-state index in [-0.39, 0.29) is 0 Å². The van der Waals surface area contributed by atoms with Crippen molar-refractivity contribution in [3.8, 4) is 0 Å². The maximum atomic E-state index is 5.14. The molecule has 6 heteroatoms. The standard InChI is InChI=1S/C8H5N5S/c14-7-5-3-1-2-4-6(5)13-8(9-7)10-11-12-13/h1-4H,(H,9,10,12,14). The number of H-pyrrole nitrogens is 1. The highest BCUT2D eigenvalue weighted by Crippen LogP contribution is 2.13. The molecule has 0 unspecified atom stereocenters. The molecule has 2 heterocycles. The van der Waals surface area contributed by atoms with Crippen molar-refractivity contribution in [2.75, 3.05) is 0 Å². The zero-order valence-corrected chi connectivity index (χ0v) is 7.82. The van der Waals surface area contributed by atoms with Crippen LogP contribution < -0.4 is 0 Å². The summed E-state index contributed by atoms with van der Waals surface area (Å²) in [6.07, 6.45) is 0. The van der Waals surface area contributed by atoms with E-state index in [0.717, 1.165) is 10.9 Å². The maximum absolute atomic E-state index is 5.14. The Bertz CT molecular complexity index is 668. The lowest BCUT2D eigenvalue weighted by Crippen LogP contribution is -1.94. The molecular formula is C8H5N5S. The predicted octanol–water partition coefficient (Wildman–Crippen LogP) is 1.34. The zero-order valence-electron chi connectivity index (χ0n) is 7.01. The first-order valence-electron chi connectivity index (χ1n) is 4.05. The fourth-order valence-electron chi connectivity index (χ4n) is 1.44. The number of rotatable bonds is 0. The van der Waals surface area contributed by atoms with Gasteiger partial charge in [0.1, 0.15) is 4.64 Å². The molecule has 3 aromatic rings. The number of nitrogens with one attached hydrogen (secondary N) is 1. The largest absolute Gasteiger partial charge is 0.273 e. The van der Waals surface area contributed by atoms with Gasteiger partial charge in [-0.1, -0.05) is 29.4 Å². The third-order valence-electron chi connectivity index (χ3n) is 2.06. The first-order chi connectivity index (χ1) is 6.86. The predicted molar refractivity (Wildman–Crippen MR) is 53.5 cm³/mol. The van der Waals surface area contributed by atoms with Gasteiger partial charge in [0.15, 0.2) is 0 Å². The molecule has 0 amide bonds. The minimum atomic E-state index is 0.494. The highest BCUT2D eigenvalue weighted by molar-refractivity contribution is 7.71. The summed E-state index contributed by atoms with van der Waals surface area (Å²) in [4.78, 5) is 4.14. The second-order valence-electron chi connectivity index (χ2n) is 2.87. The number of para-hydroxylation sites is 1. The van der Waals surface area contributed by atoms with E-state index in [1.807, 2.05) is 24.3 Å². The SMILES string of the molecule is S=c1nc2nn[nH]n2c2ccccc12. The molecule has 0 radical (unpaired) electrons. The molecule has 0 fully saturated rings. The minimum absolute atomic E-state index is 0.494. The summed E-state index contributed by atoms with van der Waals surface area (Å²) in [6.45, 7) is 0. The molecular weight excluding hydrogens is 198 g/mol. The van der Waals surface area contributed by atoms with Gasteiger partial charge in [0.05, 0.1) is 5.52 Å². The number of hydrogen-bond donors (Lipinski definition) is 1. The second-order valence-corrected chi connectivity index (χ2v) is 3.26. The molecule has 1 aromatic carbocycles. The summed E-state index contributed by atoms with van der Waals surface area (Å²) in [5.74, 6) is 0.494. The highest BCUT2D eigenvalue weighted by atomic mass is 32.1. The topological polar surface area (TPSA) is 58.9 Å². The van der Waals surface area contributed by atoms with E-state index in [1.165, 1.54) is 0 Å². The molecule has 0 aliphatic rings. The Morgan fingerprint density at radius 2 is 2.14 bits per heavy atom. The van der Waals surface area contributed by atoms with Crippen molar-refractivity contribution in [1.82, 2.24) is 25.0 Å². The van der Waals surface area contributed by atoms with Gasteiger partial charge in [0, 0.05) is 5.39 Å². The van der Waals surface area contributed by atoms with Crippen molar-refractivity contribution in [3.05, 3.63) is 28.9 Å². The van der Waals surface area contributed by atoms with Gasteiger partial charge in [-0.15, -0.1) is 0 Å². The van der Waals surface area contributed by atoms with E-state index >= 15 is 0 Å². The summed E-state index contributed by atoms with van der Waals surface area (Å²) in [6, 6.07) is 7.73. The van der Waals surface area contributed by atoms with Crippen molar-refractivity contribution >= 4 is 28.9 Å². The molecule has 5 nitrogen and oxygen atoms in total. The van der Waals surface area contributed by atoms with Crippen LogP contribution in [0.5, 0.6) is 0 Å². The van der Waals surface area contributed by atoms with Crippen molar-refractivity contribution in [2.24, 2.45) is 0 Å². The average molecular weight is 203 g/mol. The molecule has 14 heavy (non-hydrogen) atoms. The van der Waals surface area contributed by atoms with E-state index in [9.17, 15) is 0 Å². The van der Waals surface area contributed by atoms with Crippen LogP contribution in [-0.2, 0) is 0 Å². The molecule has 0 aliphatic heterocycles. The van der Waals surface area contributed by atoms with Gasteiger partial charge in [-0.05, 0) is 17.3 Å². The molecule has 0 aliphatic carbocycles. The Morgan fingerprint density at radius 1 is 1.29 bits per heavy atom. The van der Waals surface area contributed by atoms with E-state index < -0.39 is 0 Å². The van der Waals surface area contributed by atoms with Gasteiger partial charge in [0.25, 0.3) is 5.78 Å². The molecule has 0 bridgehead atoms. The summed E-state index contributed by atoms with van der Waals surface area (Å²) < 4.78 is 2.25. The lowest BCUT2D eigenvalue weighted by molar-refractivity contribution is 0.840. The third kappa shape index (κ3) is 0.882. The van der Waals surface area contributed by atoms with E-state index in [0.29, 0.717) is 10.4 Å². The van der Waals surface area contributed by atoms with Crippen LogP contribution in [0.25, 0.3) is 16.7 Å². The van der Waals surface area contributed by atoms with Crippen LogP contribution >= 0.6 is 12.2 Å². The molecule has 2 aromatic heterocycles. The monoisotopic (exact) mass is 203 g/mol. The van der Waals surface area contributed by atoms with Crippen molar-refractivity contribution < 1.29 is 0 Å². The normalized spacial score (nSPS) is 11.1. The minimum Gasteiger partial charge on any atom is -0.202 e. The molecule has 0 saturated carbocycles. The summed E-state index contributed by atoms with van der Waals surface area (Å²) in [5, 5.41) is 11.1. The van der Waals surface area contributed by atoms with Gasteiger partial charge in [-0.3, -0.25) is 0 Å². The number of aromatic nitrogens is 5. The molecule has 0 saturated heterocycles. The van der Waals surface area contributed by atoms with Crippen LogP contribution in [0.2, 0.25) is 0 Å². The van der Waals surface area contributed by atoms with Crippen LogP contribution in [0.15, 0.2) is 24.3 Å². The van der Waals surface area contributed by atoms with Crippen LogP contribution in [0.3, 0.4) is 0 Å². The number of nitrogens with zero attached hydrogens (tertiary/aromatic N) is 4. The summed E-state index contributed by atoms with van der Waals surface area (Å²) in [5.41, 5.74) is 0.938. The smallest absolute Gasteiger partial charge is 0.202 e. The quantitative estimate of drug-likeness (QED) is 0.560. The van der Waals surface area contributed by atoms with E-state index in [1.54, 1.807) is 4.52 Å². The molecule has 0 atom stereocenters. The highest BCUT2D eigenvalue weighted by Gasteiger charge is 2.03. The van der Waals surface area contributed by atoms with Gasteiger partial charge >= 0.3 is 0 Å². The van der Waals surface area contributed by atoms with Crippen molar-refractivity contribution in [3.63, 3.8) is 0 Å². The molecule has 0 spiro atoms. The second kappa shape index (κ2) is 2.58. The lowest BCUT2D eigenvalue weighted by Gasteiger charge is -1.98. The number of benzene rings is 1. The number of hydrogen-bond acceptors (Lipinski definition) is 4. The fourth-order valence-corrected chi connectivity index (χ4v) is 1.69. The Morgan fingerprint density at radius 3 is 3.07 bits per heavy atom. The first-order valence-corrected chi connectivity index (χ1v) is 4.45. The van der Waals surface area contributed by atoms with Gasteiger partial charge in [0.2, 0.25) is 0 Å².